The van der Waals surface area contributed by atoms with Gasteiger partial charge in [-0.05, 0) is 75.2 Å². The van der Waals surface area contributed by atoms with Gasteiger partial charge in [0.2, 0.25) is 0 Å². The standard InChI is InChI=1S/C39H31N/c1-27(2)28-12-14-29(15-13-28)30-16-18-31(19-17-30)32-20-22-33(23-21-32)34-24-25-39-37(26-34)36-10-6-7-11-38(36)40(39)35-8-4-3-5-9-35/h3-27H,1-2H3. The number of nitrogens with zero attached hydrogens (tertiary/aromatic N) is 1. The lowest BCUT2D eigenvalue weighted by atomic mass is 9.96. The highest BCUT2D eigenvalue weighted by Crippen LogP contribution is 2.35. The van der Waals surface area contributed by atoms with E-state index >= 15 is 0 Å². The van der Waals surface area contributed by atoms with Crippen LogP contribution in [0, 0.1) is 0 Å². The minimum Gasteiger partial charge on any atom is -0.309 e. The van der Waals surface area contributed by atoms with E-state index in [1.54, 1.807) is 0 Å². The van der Waals surface area contributed by atoms with Crippen LogP contribution in [0.3, 0.4) is 0 Å². The van der Waals surface area contributed by atoms with Gasteiger partial charge in [-0.15, -0.1) is 0 Å². The van der Waals surface area contributed by atoms with Crippen LogP contribution in [0.1, 0.15) is 25.3 Å². The van der Waals surface area contributed by atoms with Crippen molar-refractivity contribution in [1.82, 2.24) is 4.57 Å². The molecule has 1 nitrogen and oxygen atoms in total. The molecule has 1 heterocycles. The Morgan fingerprint density at radius 2 is 0.850 bits per heavy atom. The third kappa shape index (κ3) is 4.30. The van der Waals surface area contributed by atoms with Crippen LogP contribution < -0.4 is 0 Å². The van der Waals surface area contributed by atoms with Crippen molar-refractivity contribution in [3.8, 4) is 39.1 Å². The lowest BCUT2D eigenvalue weighted by molar-refractivity contribution is 0.867. The van der Waals surface area contributed by atoms with E-state index in [1.165, 1.54) is 66.4 Å². The van der Waals surface area contributed by atoms with Gasteiger partial charge in [0, 0.05) is 16.5 Å². The van der Waals surface area contributed by atoms with Crippen LogP contribution in [0.5, 0.6) is 0 Å². The maximum Gasteiger partial charge on any atom is 0.0541 e. The summed E-state index contributed by atoms with van der Waals surface area (Å²) in [6.07, 6.45) is 0. The first-order valence-corrected chi connectivity index (χ1v) is 14.1. The number of hydrogen-bond donors (Lipinski definition) is 0. The fourth-order valence-corrected chi connectivity index (χ4v) is 5.78. The first-order valence-electron chi connectivity index (χ1n) is 14.1. The third-order valence-electron chi connectivity index (χ3n) is 8.03. The van der Waals surface area contributed by atoms with E-state index in [4.69, 9.17) is 0 Å². The maximum atomic E-state index is 2.36. The molecule has 7 rings (SSSR count). The van der Waals surface area contributed by atoms with E-state index in [9.17, 15) is 0 Å². The van der Waals surface area contributed by atoms with Crippen molar-refractivity contribution in [3.05, 3.63) is 151 Å². The third-order valence-corrected chi connectivity index (χ3v) is 8.03. The Hall–Kier alpha value is -4.88. The first-order chi connectivity index (χ1) is 19.7. The van der Waals surface area contributed by atoms with Crippen molar-refractivity contribution < 1.29 is 0 Å². The van der Waals surface area contributed by atoms with Crippen molar-refractivity contribution in [1.29, 1.82) is 0 Å². The van der Waals surface area contributed by atoms with Gasteiger partial charge >= 0.3 is 0 Å². The lowest BCUT2D eigenvalue weighted by Crippen LogP contribution is -1.92. The molecule has 6 aromatic carbocycles. The van der Waals surface area contributed by atoms with Crippen LogP contribution in [0.25, 0.3) is 60.9 Å². The quantitative estimate of drug-likeness (QED) is 0.216. The highest BCUT2D eigenvalue weighted by Gasteiger charge is 2.13. The summed E-state index contributed by atoms with van der Waals surface area (Å²) < 4.78 is 2.36. The van der Waals surface area contributed by atoms with Crippen molar-refractivity contribution in [3.63, 3.8) is 0 Å². The van der Waals surface area contributed by atoms with Crippen LogP contribution in [0.15, 0.2) is 146 Å². The zero-order valence-electron chi connectivity index (χ0n) is 22.9. The van der Waals surface area contributed by atoms with E-state index < -0.39 is 0 Å². The van der Waals surface area contributed by atoms with Gasteiger partial charge in [0.05, 0.1) is 11.0 Å². The number of benzene rings is 6. The highest BCUT2D eigenvalue weighted by molar-refractivity contribution is 6.10. The minimum absolute atomic E-state index is 0.552. The summed E-state index contributed by atoms with van der Waals surface area (Å²) in [5.41, 5.74) is 12.4. The summed E-state index contributed by atoms with van der Waals surface area (Å²) in [5, 5.41) is 2.55. The van der Waals surface area contributed by atoms with Crippen LogP contribution in [0.4, 0.5) is 0 Å². The van der Waals surface area contributed by atoms with Gasteiger partial charge < -0.3 is 4.57 Å². The average Bonchev–Trinajstić information content (AvgIpc) is 3.35. The Labute approximate surface area is 236 Å². The predicted octanol–water partition coefficient (Wildman–Crippen LogP) is 10.9. The van der Waals surface area contributed by atoms with Crippen LogP contribution in [-0.2, 0) is 0 Å². The molecule has 0 aliphatic carbocycles. The van der Waals surface area contributed by atoms with Crippen molar-refractivity contribution >= 4 is 21.8 Å². The zero-order chi connectivity index (χ0) is 27.1. The molecule has 0 unspecified atom stereocenters. The van der Waals surface area contributed by atoms with Gasteiger partial charge in [0.1, 0.15) is 0 Å². The monoisotopic (exact) mass is 513 g/mol. The van der Waals surface area contributed by atoms with E-state index in [1.807, 2.05) is 0 Å². The van der Waals surface area contributed by atoms with Crippen molar-refractivity contribution in [2.45, 2.75) is 19.8 Å². The summed E-state index contributed by atoms with van der Waals surface area (Å²) in [7, 11) is 0. The maximum absolute atomic E-state index is 2.36. The minimum atomic E-state index is 0.552. The molecule has 7 aromatic rings. The summed E-state index contributed by atoms with van der Waals surface area (Å²) >= 11 is 0. The fourth-order valence-electron chi connectivity index (χ4n) is 5.78. The van der Waals surface area contributed by atoms with Crippen molar-refractivity contribution in [2.75, 3.05) is 0 Å². The molecule has 0 fully saturated rings. The van der Waals surface area contributed by atoms with E-state index in [2.05, 4.69) is 164 Å². The number of para-hydroxylation sites is 2. The zero-order valence-corrected chi connectivity index (χ0v) is 22.9. The summed E-state index contributed by atoms with van der Waals surface area (Å²) in [6.45, 7) is 4.47. The molecule has 0 saturated carbocycles. The number of rotatable bonds is 5. The molecule has 1 heteroatoms. The molecule has 0 bridgehead atoms. The second-order valence-electron chi connectivity index (χ2n) is 10.9. The molecular weight excluding hydrogens is 482 g/mol. The second-order valence-corrected chi connectivity index (χ2v) is 10.9. The van der Waals surface area contributed by atoms with E-state index in [-0.39, 0.29) is 0 Å². The van der Waals surface area contributed by atoms with Gasteiger partial charge in [-0.3, -0.25) is 0 Å². The molecule has 40 heavy (non-hydrogen) atoms. The lowest BCUT2D eigenvalue weighted by Gasteiger charge is -2.09. The van der Waals surface area contributed by atoms with E-state index in [0.29, 0.717) is 5.92 Å². The molecule has 0 aliphatic rings. The Kier molecular flexibility index (Phi) is 6.06. The Morgan fingerprint density at radius 3 is 1.43 bits per heavy atom. The van der Waals surface area contributed by atoms with Gasteiger partial charge in [-0.2, -0.15) is 0 Å². The SMILES string of the molecule is CC(C)c1ccc(-c2ccc(-c3ccc(-c4ccc5c(c4)c4ccccc4n5-c4ccccc4)cc3)cc2)cc1. The Morgan fingerprint density at radius 1 is 0.400 bits per heavy atom. The summed E-state index contributed by atoms with van der Waals surface area (Å²) in [6, 6.07) is 53.0. The number of fused-ring (bicyclic) bond motifs is 3. The molecule has 192 valence electrons. The average molecular weight is 514 g/mol. The molecule has 0 atom stereocenters. The second kappa shape index (κ2) is 10.0. The molecule has 0 aliphatic heterocycles. The largest absolute Gasteiger partial charge is 0.309 e. The molecule has 1 aromatic heterocycles. The topological polar surface area (TPSA) is 4.93 Å². The normalized spacial score (nSPS) is 11.5. The molecule has 0 N–H and O–H groups in total. The van der Waals surface area contributed by atoms with Crippen LogP contribution in [0.2, 0.25) is 0 Å². The van der Waals surface area contributed by atoms with Gasteiger partial charge in [-0.1, -0.05) is 129 Å². The van der Waals surface area contributed by atoms with E-state index in [0.717, 1.165) is 0 Å². The smallest absolute Gasteiger partial charge is 0.0541 e. The fraction of sp³-hybridized carbons (Fsp3) is 0.0769. The predicted molar refractivity (Wildman–Crippen MR) is 171 cm³/mol. The number of hydrogen-bond acceptors (Lipinski definition) is 0. The Bertz CT molecular complexity index is 1920. The van der Waals surface area contributed by atoms with Crippen LogP contribution >= 0.6 is 0 Å². The molecule has 0 amide bonds. The summed E-state index contributed by atoms with van der Waals surface area (Å²) in [5.74, 6) is 0.552. The highest BCUT2D eigenvalue weighted by atomic mass is 15.0. The van der Waals surface area contributed by atoms with Gasteiger partial charge in [0.25, 0.3) is 0 Å². The molecule has 0 spiro atoms. The van der Waals surface area contributed by atoms with Crippen LogP contribution in [-0.4, -0.2) is 4.57 Å². The Balaban J connectivity index is 1.20. The van der Waals surface area contributed by atoms with Crippen molar-refractivity contribution in [2.24, 2.45) is 0 Å². The molecular formula is C39H31N. The number of aromatic nitrogens is 1. The first kappa shape index (κ1) is 24.2. The molecule has 0 saturated heterocycles. The molecule has 0 radical (unpaired) electrons. The van der Waals surface area contributed by atoms with Gasteiger partial charge in [0.15, 0.2) is 0 Å². The summed E-state index contributed by atoms with van der Waals surface area (Å²) in [4.78, 5) is 0. The van der Waals surface area contributed by atoms with Gasteiger partial charge in [-0.25, -0.2) is 0 Å².